The Morgan fingerprint density at radius 2 is 2.35 bits per heavy atom. The van der Waals surface area contributed by atoms with E-state index in [-0.39, 0.29) is 5.75 Å². The zero-order valence-electron chi connectivity index (χ0n) is 10.1. The Morgan fingerprint density at radius 1 is 1.59 bits per heavy atom. The fourth-order valence-electron chi connectivity index (χ4n) is 2.19. The molecule has 0 saturated heterocycles. The largest absolute Gasteiger partial charge is 0.481 e. The van der Waals surface area contributed by atoms with Crippen molar-refractivity contribution >= 4 is 17.7 Å². The Morgan fingerprint density at radius 3 is 3.00 bits per heavy atom. The van der Waals surface area contributed by atoms with E-state index in [1.807, 2.05) is 6.92 Å². The summed E-state index contributed by atoms with van der Waals surface area (Å²) >= 11 is 1.25. The maximum absolute atomic E-state index is 10.6. The summed E-state index contributed by atoms with van der Waals surface area (Å²) in [5, 5.41) is 17.5. The van der Waals surface area contributed by atoms with Gasteiger partial charge in [-0.2, -0.15) is 0 Å². The lowest BCUT2D eigenvalue weighted by atomic mass is 10.2. The van der Waals surface area contributed by atoms with E-state index < -0.39 is 5.97 Å². The smallest absolute Gasteiger partial charge is 0.313 e. The van der Waals surface area contributed by atoms with Crippen LogP contribution in [0.4, 0.5) is 0 Å². The Hall–Kier alpha value is -1.04. The lowest BCUT2D eigenvalue weighted by Gasteiger charge is -2.06. The molecule has 2 unspecified atom stereocenters. The third kappa shape index (κ3) is 2.80. The number of hydrogen-bond donors (Lipinski definition) is 1. The van der Waals surface area contributed by atoms with Gasteiger partial charge in [0, 0.05) is 6.04 Å². The number of nitrogens with zero attached hydrogens (tertiary/aromatic N) is 3. The van der Waals surface area contributed by atoms with Crippen molar-refractivity contribution in [3.05, 3.63) is 5.82 Å². The summed E-state index contributed by atoms with van der Waals surface area (Å²) in [6.45, 7) is 4.12. The Balaban J connectivity index is 2.06. The zero-order chi connectivity index (χ0) is 12.4. The van der Waals surface area contributed by atoms with Crippen LogP contribution in [0.5, 0.6) is 0 Å². The molecule has 0 bridgehead atoms. The fourth-order valence-corrected chi connectivity index (χ4v) is 2.94. The lowest BCUT2D eigenvalue weighted by molar-refractivity contribution is -0.133. The van der Waals surface area contributed by atoms with Crippen LogP contribution in [0.15, 0.2) is 5.16 Å². The van der Waals surface area contributed by atoms with Gasteiger partial charge in [0.15, 0.2) is 5.16 Å². The van der Waals surface area contributed by atoms with Crippen molar-refractivity contribution in [3.8, 4) is 0 Å². The van der Waals surface area contributed by atoms with Crippen LogP contribution < -0.4 is 0 Å². The molecule has 2 rings (SSSR count). The van der Waals surface area contributed by atoms with Crippen molar-refractivity contribution in [2.45, 2.75) is 44.3 Å². The van der Waals surface area contributed by atoms with Crippen LogP contribution in [-0.2, 0) is 4.79 Å². The number of carboxylic acids is 1. The van der Waals surface area contributed by atoms with Gasteiger partial charge in [-0.05, 0) is 25.7 Å². The molecule has 1 aromatic heterocycles. The average molecular weight is 255 g/mol. The molecule has 0 amide bonds. The van der Waals surface area contributed by atoms with E-state index in [1.165, 1.54) is 31.0 Å². The van der Waals surface area contributed by atoms with Crippen molar-refractivity contribution < 1.29 is 9.90 Å². The number of hydrogen-bond acceptors (Lipinski definition) is 4. The van der Waals surface area contributed by atoms with Crippen LogP contribution in [-0.4, -0.2) is 31.6 Å². The van der Waals surface area contributed by atoms with Gasteiger partial charge in [0.05, 0.1) is 5.75 Å². The van der Waals surface area contributed by atoms with Crippen molar-refractivity contribution in [3.63, 3.8) is 0 Å². The molecule has 0 radical (unpaired) electrons. The topological polar surface area (TPSA) is 68.0 Å². The van der Waals surface area contributed by atoms with Crippen LogP contribution in [0, 0.1) is 12.8 Å². The molecule has 5 nitrogen and oxygen atoms in total. The highest BCUT2D eigenvalue weighted by Crippen LogP contribution is 2.48. The quantitative estimate of drug-likeness (QED) is 0.789. The van der Waals surface area contributed by atoms with Gasteiger partial charge in [-0.15, -0.1) is 10.2 Å². The van der Waals surface area contributed by atoms with Gasteiger partial charge in [0.25, 0.3) is 0 Å². The SMILES string of the molecule is CCCC1CC1n1c(C)nnc1SCC(=O)O. The second-order valence-electron chi connectivity index (χ2n) is 4.43. The van der Waals surface area contributed by atoms with Gasteiger partial charge in [-0.1, -0.05) is 25.1 Å². The highest BCUT2D eigenvalue weighted by atomic mass is 32.2. The highest BCUT2D eigenvalue weighted by Gasteiger charge is 2.40. The predicted octanol–water partition coefficient (Wildman–Crippen LogP) is 2.12. The van der Waals surface area contributed by atoms with Crippen molar-refractivity contribution in [2.75, 3.05) is 5.75 Å². The zero-order valence-corrected chi connectivity index (χ0v) is 10.9. The van der Waals surface area contributed by atoms with Crippen molar-refractivity contribution in [1.29, 1.82) is 0 Å². The molecule has 1 aromatic rings. The van der Waals surface area contributed by atoms with Crippen molar-refractivity contribution in [1.82, 2.24) is 14.8 Å². The molecule has 1 saturated carbocycles. The van der Waals surface area contributed by atoms with Gasteiger partial charge in [-0.25, -0.2) is 0 Å². The predicted molar refractivity (Wildman–Crippen MR) is 65.2 cm³/mol. The summed E-state index contributed by atoms with van der Waals surface area (Å²) < 4.78 is 2.11. The molecular weight excluding hydrogens is 238 g/mol. The third-order valence-electron chi connectivity index (χ3n) is 3.04. The molecule has 1 fully saturated rings. The fraction of sp³-hybridized carbons (Fsp3) is 0.727. The number of rotatable bonds is 6. The van der Waals surface area contributed by atoms with Gasteiger partial charge >= 0.3 is 5.97 Å². The molecule has 1 N–H and O–H groups in total. The summed E-state index contributed by atoms with van der Waals surface area (Å²) in [6, 6.07) is 0.487. The van der Waals surface area contributed by atoms with E-state index in [0.717, 1.165) is 16.9 Å². The van der Waals surface area contributed by atoms with E-state index in [0.29, 0.717) is 6.04 Å². The van der Waals surface area contributed by atoms with Crippen LogP contribution in [0.1, 0.15) is 38.1 Å². The van der Waals surface area contributed by atoms with Crippen LogP contribution in [0.2, 0.25) is 0 Å². The van der Waals surface area contributed by atoms with Crippen LogP contribution >= 0.6 is 11.8 Å². The van der Waals surface area contributed by atoms with E-state index in [4.69, 9.17) is 5.11 Å². The first kappa shape index (κ1) is 12.4. The number of carbonyl (C=O) groups is 1. The molecule has 17 heavy (non-hydrogen) atoms. The van der Waals surface area contributed by atoms with Gasteiger partial charge < -0.3 is 9.67 Å². The van der Waals surface area contributed by atoms with E-state index in [1.54, 1.807) is 0 Å². The standard InChI is InChI=1S/C11H17N3O2S/c1-3-4-8-5-9(8)14-7(2)12-13-11(14)17-6-10(15)16/h8-9H,3-6H2,1-2H3,(H,15,16). The molecule has 1 aliphatic rings. The summed E-state index contributed by atoms with van der Waals surface area (Å²) in [6.07, 6.45) is 3.60. The minimum absolute atomic E-state index is 0.0449. The molecule has 0 spiro atoms. The van der Waals surface area contributed by atoms with E-state index in [2.05, 4.69) is 21.7 Å². The second kappa shape index (κ2) is 5.08. The number of aromatic nitrogens is 3. The average Bonchev–Trinajstić information content (AvgIpc) is 2.91. The van der Waals surface area contributed by atoms with Crippen molar-refractivity contribution in [2.24, 2.45) is 5.92 Å². The Kier molecular flexibility index (Phi) is 3.71. The normalized spacial score (nSPS) is 22.7. The first-order valence-corrected chi connectivity index (χ1v) is 6.88. The first-order chi connectivity index (χ1) is 8.13. The molecule has 1 aliphatic carbocycles. The second-order valence-corrected chi connectivity index (χ2v) is 5.38. The minimum atomic E-state index is -0.817. The van der Waals surface area contributed by atoms with E-state index in [9.17, 15) is 4.79 Å². The molecular formula is C11H17N3O2S. The maximum Gasteiger partial charge on any atom is 0.313 e. The third-order valence-corrected chi connectivity index (χ3v) is 3.96. The molecule has 2 atom stereocenters. The summed E-state index contributed by atoms with van der Waals surface area (Å²) in [4.78, 5) is 10.6. The monoisotopic (exact) mass is 255 g/mol. The number of aliphatic carboxylic acids is 1. The van der Waals surface area contributed by atoms with Crippen LogP contribution in [0.3, 0.4) is 0 Å². The highest BCUT2D eigenvalue weighted by molar-refractivity contribution is 7.99. The lowest BCUT2D eigenvalue weighted by Crippen LogP contribution is -2.04. The van der Waals surface area contributed by atoms with Crippen LogP contribution in [0.25, 0.3) is 0 Å². The van der Waals surface area contributed by atoms with Gasteiger partial charge in [0.1, 0.15) is 5.82 Å². The van der Waals surface area contributed by atoms with E-state index >= 15 is 0 Å². The van der Waals surface area contributed by atoms with Gasteiger partial charge in [-0.3, -0.25) is 4.79 Å². The number of thioether (sulfide) groups is 1. The molecule has 94 valence electrons. The Bertz CT molecular complexity index is 419. The maximum atomic E-state index is 10.6. The molecule has 1 heterocycles. The summed E-state index contributed by atoms with van der Waals surface area (Å²) in [5.74, 6) is 0.840. The molecule has 0 aromatic carbocycles. The van der Waals surface area contributed by atoms with Gasteiger partial charge in [0.2, 0.25) is 0 Å². The first-order valence-electron chi connectivity index (χ1n) is 5.89. The summed E-state index contributed by atoms with van der Waals surface area (Å²) in [5.41, 5.74) is 0. The molecule has 0 aliphatic heterocycles. The minimum Gasteiger partial charge on any atom is -0.481 e. The number of carboxylic acid groups (broad SMARTS) is 1. The molecule has 6 heteroatoms. The summed E-state index contributed by atoms with van der Waals surface area (Å²) in [7, 11) is 0. The number of aryl methyl sites for hydroxylation is 1. The Labute approximate surface area is 105 Å².